The molecule has 4 rings (SSSR count). The first kappa shape index (κ1) is 19.9. The molecule has 2 amide bonds. The third-order valence-electron chi connectivity index (χ3n) is 5.82. The fourth-order valence-electron chi connectivity index (χ4n) is 4.30. The maximum Gasteiger partial charge on any atom is 0.244 e. The number of fused-ring (bicyclic) bond motifs is 1. The summed E-state index contributed by atoms with van der Waals surface area (Å²) in [6.45, 7) is 4.51. The zero-order valence-corrected chi connectivity index (χ0v) is 17.3. The van der Waals surface area contributed by atoms with Gasteiger partial charge in [-0.2, -0.15) is 0 Å². The zero-order valence-electron chi connectivity index (χ0n) is 17.3. The molecule has 1 unspecified atom stereocenters. The largest absolute Gasteiger partial charge is 0.350 e. The monoisotopic (exact) mass is 398 g/mol. The number of hydrogen-bond acceptors (Lipinski definition) is 2. The number of hydrogen-bond donors (Lipinski definition) is 1. The molecule has 30 heavy (non-hydrogen) atoms. The summed E-state index contributed by atoms with van der Waals surface area (Å²) in [7, 11) is 0. The molecule has 0 bridgehead atoms. The summed E-state index contributed by atoms with van der Waals surface area (Å²) in [5.41, 5.74) is 3.31. The number of nitrogens with one attached hydrogen (secondary N) is 1. The van der Waals surface area contributed by atoms with Gasteiger partial charge in [-0.3, -0.25) is 14.5 Å². The lowest BCUT2D eigenvalue weighted by Crippen LogP contribution is -2.54. The first-order chi connectivity index (χ1) is 14.5. The van der Waals surface area contributed by atoms with Crippen LogP contribution in [0.15, 0.2) is 84.9 Å². The van der Waals surface area contributed by atoms with Crippen LogP contribution in [0.25, 0.3) is 0 Å². The van der Waals surface area contributed by atoms with Crippen LogP contribution in [-0.4, -0.2) is 17.9 Å². The average Bonchev–Trinajstić information content (AvgIpc) is 3.01. The topological polar surface area (TPSA) is 49.4 Å². The number of nitrogens with zero attached hydrogens (tertiary/aromatic N) is 1. The highest BCUT2D eigenvalue weighted by atomic mass is 16.2. The first-order valence-corrected chi connectivity index (χ1v) is 10.3. The van der Waals surface area contributed by atoms with Gasteiger partial charge in [-0.1, -0.05) is 92.7 Å². The second kappa shape index (κ2) is 8.15. The van der Waals surface area contributed by atoms with E-state index in [0.717, 1.165) is 22.4 Å². The summed E-state index contributed by atoms with van der Waals surface area (Å²) in [6, 6.07) is 26.7. The number of carbonyl (C=O) groups excluding carboxylic acids is 2. The Morgan fingerprint density at radius 3 is 2.07 bits per heavy atom. The minimum Gasteiger partial charge on any atom is -0.350 e. The molecule has 0 radical (unpaired) electrons. The summed E-state index contributed by atoms with van der Waals surface area (Å²) < 4.78 is 0. The maximum atomic E-state index is 13.4. The second-order valence-electron chi connectivity index (χ2n) is 8.27. The molecule has 4 nitrogen and oxygen atoms in total. The summed E-state index contributed by atoms with van der Waals surface area (Å²) >= 11 is 0. The van der Waals surface area contributed by atoms with Gasteiger partial charge in [0.25, 0.3) is 0 Å². The van der Waals surface area contributed by atoms with Crippen LogP contribution in [0.4, 0.5) is 5.69 Å². The molecule has 1 aliphatic heterocycles. The normalized spacial score (nSPS) is 16.7. The first-order valence-electron chi connectivity index (χ1n) is 10.3. The fraction of sp³-hybridized carbons (Fsp3) is 0.231. The third-order valence-corrected chi connectivity index (χ3v) is 5.82. The zero-order chi connectivity index (χ0) is 21.1. The number of benzene rings is 3. The Morgan fingerprint density at radius 2 is 1.40 bits per heavy atom. The number of para-hydroxylation sites is 1. The average molecular weight is 399 g/mol. The van der Waals surface area contributed by atoms with Crippen molar-refractivity contribution in [3.8, 4) is 0 Å². The van der Waals surface area contributed by atoms with Crippen LogP contribution in [-0.2, 0) is 28.0 Å². The van der Waals surface area contributed by atoms with Crippen molar-refractivity contribution < 1.29 is 9.59 Å². The summed E-state index contributed by atoms with van der Waals surface area (Å²) in [5.74, 6) is -0.208. The van der Waals surface area contributed by atoms with Gasteiger partial charge in [0.15, 0.2) is 0 Å². The molecule has 0 spiro atoms. The maximum absolute atomic E-state index is 13.4. The lowest BCUT2D eigenvalue weighted by molar-refractivity contribution is -0.127. The Hall–Kier alpha value is -3.40. The van der Waals surface area contributed by atoms with E-state index in [2.05, 4.69) is 5.32 Å². The third kappa shape index (κ3) is 3.73. The van der Waals surface area contributed by atoms with Gasteiger partial charge in [-0.25, -0.2) is 0 Å². The van der Waals surface area contributed by atoms with Crippen molar-refractivity contribution in [2.45, 2.75) is 38.3 Å². The van der Waals surface area contributed by atoms with Crippen LogP contribution >= 0.6 is 0 Å². The number of carbonyl (C=O) groups is 2. The molecule has 1 heterocycles. The Labute approximate surface area is 177 Å². The van der Waals surface area contributed by atoms with Crippen LogP contribution in [0, 0.1) is 0 Å². The van der Waals surface area contributed by atoms with Crippen molar-refractivity contribution in [2.24, 2.45) is 0 Å². The smallest absolute Gasteiger partial charge is 0.244 e. The Balaban J connectivity index is 1.63. The van der Waals surface area contributed by atoms with Crippen molar-refractivity contribution in [1.82, 2.24) is 5.32 Å². The number of amides is 2. The van der Waals surface area contributed by atoms with E-state index in [9.17, 15) is 9.59 Å². The molecule has 0 saturated carbocycles. The van der Waals surface area contributed by atoms with E-state index in [1.807, 2.05) is 98.8 Å². The van der Waals surface area contributed by atoms with E-state index < -0.39 is 11.5 Å². The summed E-state index contributed by atoms with van der Waals surface area (Å²) in [5, 5.41) is 3.05. The fourth-order valence-corrected chi connectivity index (χ4v) is 4.30. The molecule has 4 heteroatoms. The van der Waals surface area contributed by atoms with Crippen molar-refractivity contribution in [3.05, 3.63) is 102 Å². The lowest BCUT2D eigenvalue weighted by atomic mass is 9.80. The molecular formula is C26H26N2O2. The van der Waals surface area contributed by atoms with Gasteiger partial charge in [-0.05, 0) is 22.8 Å². The molecule has 0 saturated heterocycles. The van der Waals surface area contributed by atoms with E-state index in [1.165, 1.54) is 0 Å². The molecular weight excluding hydrogens is 372 g/mol. The highest BCUT2D eigenvalue weighted by molar-refractivity contribution is 6.05. The second-order valence-corrected chi connectivity index (χ2v) is 8.27. The molecule has 0 aliphatic carbocycles. The highest BCUT2D eigenvalue weighted by Gasteiger charge is 2.50. The van der Waals surface area contributed by atoms with Gasteiger partial charge >= 0.3 is 0 Å². The lowest BCUT2D eigenvalue weighted by Gasteiger charge is -2.32. The Kier molecular flexibility index (Phi) is 5.40. The molecule has 1 aliphatic rings. The number of rotatable bonds is 5. The van der Waals surface area contributed by atoms with Crippen molar-refractivity contribution in [1.29, 1.82) is 0 Å². The van der Waals surface area contributed by atoms with Gasteiger partial charge in [0.05, 0.1) is 6.42 Å². The highest BCUT2D eigenvalue weighted by Crippen LogP contribution is 2.45. The van der Waals surface area contributed by atoms with Gasteiger partial charge in [0.1, 0.15) is 6.04 Å². The Morgan fingerprint density at radius 1 is 0.833 bits per heavy atom. The predicted octanol–water partition coefficient (Wildman–Crippen LogP) is 4.24. The van der Waals surface area contributed by atoms with Crippen LogP contribution in [0.1, 0.15) is 30.5 Å². The Bertz CT molecular complexity index is 1040. The minimum absolute atomic E-state index is 0.0703. The molecule has 3 aromatic carbocycles. The molecule has 1 N–H and O–H groups in total. The van der Waals surface area contributed by atoms with Gasteiger partial charge in [0.2, 0.25) is 11.8 Å². The molecule has 0 aromatic heterocycles. The van der Waals surface area contributed by atoms with E-state index >= 15 is 0 Å². The van der Waals surface area contributed by atoms with Crippen molar-refractivity contribution in [3.63, 3.8) is 0 Å². The molecule has 152 valence electrons. The molecule has 3 aromatic rings. The van der Waals surface area contributed by atoms with E-state index in [0.29, 0.717) is 6.54 Å². The van der Waals surface area contributed by atoms with Crippen LogP contribution in [0.5, 0.6) is 0 Å². The van der Waals surface area contributed by atoms with Gasteiger partial charge in [-0.15, -0.1) is 0 Å². The predicted molar refractivity (Wildman–Crippen MR) is 119 cm³/mol. The van der Waals surface area contributed by atoms with Crippen LogP contribution in [0.3, 0.4) is 0 Å². The SMILES string of the molecule is CC1(C)c2ccccc2N(C(=O)Cc2ccccc2)C1C(=O)NCc1ccccc1. The summed E-state index contributed by atoms with van der Waals surface area (Å²) in [6.07, 6.45) is 0.258. The van der Waals surface area contributed by atoms with Gasteiger partial charge < -0.3 is 5.32 Å². The van der Waals surface area contributed by atoms with Crippen LogP contribution < -0.4 is 10.2 Å². The molecule has 1 atom stereocenters. The van der Waals surface area contributed by atoms with Gasteiger partial charge in [0, 0.05) is 17.6 Å². The van der Waals surface area contributed by atoms with Crippen molar-refractivity contribution >= 4 is 17.5 Å². The minimum atomic E-state index is -0.602. The van der Waals surface area contributed by atoms with E-state index in [-0.39, 0.29) is 18.2 Å². The van der Waals surface area contributed by atoms with Crippen LogP contribution in [0.2, 0.25) is 0 Å². The quantitative estimate of drug-likeness (QED) is 0.699. The summed E-state index contributed by atoms with van der Waals surface area (Å²) in [4.78, 5) is 28.5. The van der Waals surface area contributed by atoms with Crippen molar-refractivity contribution in [2.75, 3.05) is 4.90 Å². The standard InChI is InChI=1S/C26H26N2O2/c1-26(2)21-15-9-10-16-22(21)28(23(29)17-19-11-5-3-6-12-19)24(26)25(30)27-18-20-13-7-4-8-14-20/h3-16,24H,17-18H2,1-2H3,(H,27,30). The molecule has 0 fully saturated rings. The van der Waals surface area contributed by atoms with E-state index in [4.69, 9.17) is 0 Å². The van der Waals surface area contributed by atoms with E-state index in [1.54, 1.807) is 4.90 Å². The number of anilines is 1.